The molecular formula is C17H23N3O2. The van der Waals surface area contributed by atoms with Gasteiger partial charge >= 0.3 is 0 Å². The van der Waals surface area contributed by atoms with Gasteiger partial charge in [-0.25, -0.2) is 4.68 Å². The second-order valence-corrected chi connectivity index (χ2v) is 5.56. The third kappa shape index (κ3) is 3.87. The number of ether oxygens (including phenoxy) is 1. The van der Waals surface area contributed by atoms with Gasteiger partial charge in [0.25, 0.3) is 5.91 Å². The number of benzene rings is 1. The van der Waals surface area contributed by atoms with Gasteiger partial charge in [-0.3, -0.25) is 4.79 Å². The van der Waals surface area contributed by atoms with Crippen LogP contribution in [0.25, 0.3) is 0 Å². The Morgan fingerprint density at radius 3 is 2.45 bits per heavy atom. The van der Waals surface area contributed by atoms with Crippen molar-refractivity contribution in [2.24, 2.45) is 0 Å². The van der Waals surface area contributed by atoms with E-state index in [4.69, 9.17) is 4.74 Å². The molecule has 0 radical (unpaired) electrons. The second kappa shape index (κ2) is 6.64. The first-order chi connectivity index (χ1) is 10.4. The van der Waals surface area contributed by atoms with Crippen molar-refractivity contribution in [3.63, 3.8) is 0 Å². The van der Waals surface area contributed by atoms with E-state index in [9.17, 15) is 4.79 Å². The smallest absolute Gasteiger partial charge is 0.266 e. The number of aromatic nitrogens is 2. The predicted octanol–water partition coefficient (Wildman–Crippen LogP) is 3.23. The van der Waals surface area contributed by atoms with Crippen LogP contribution in [0.2, 0.25) is 0 Å². The van der Waals surface area contributed by atoms with Crippen LogP contribution in [0.4, 0.5) is 5.82 Å². The van der Waals surface area contributed by atoms with Crippen LogP contribution in [0.3, 0.4) is 0 Å². The van der Waals surface area contributed by atoms with E-state index in [1.165, 1.54) is 0 Å². The molecule has 0 bridgehead atoms. The van der Waals surface area contributed by atoms with E-state index >= 15 is 0 Å². The number of hydrogen-bond donors (Lipinski definition) is 1. The van der Waals surface area contributed by atoms with Gasteiger partial charge in [-0.05, 0) is 57.9 Å². The van der Waals surface area contributed by atoms with Gasteiger partial charge < -0.3 is 10.1 Å². The van der Waals surface area contributed by atoms with Crippen molar-refractivity contribution in [1.82, 2.24) is 9.78 Å². The van der Waals surface area contributed by atoms with Crippen molar-refractivity contribution in [3.05, 3.63) is 41.1 Å². The monoisotopic (exact) mass is 301 g/mol. The number of nitrogens with zero attached hydrogens (tertiary/aromatic N) is 2. The number of anilines is 1. The SMILES string of the molecule is CCn1nc(C)cc1NC(=O)C(C)Oc1cc(C)cc(C)c1. The summed E-state index contributed by atoms with van der Waals surface area (Å²) in [6, 6.07) is 7.78. The van der Waals surface area contributed by atoms with E-state index in [-0.39, 0.29) is 5.91 Å². The van der Waals surface area contributed by atoms with E-state index in [2.05, 4.69) is 16.5 Å². The molecule has 0 saturated carbocycles. The molecule has 2 rings (SSSR count). The Balaban J connectivity index is 2.05. The Morgan fingerprint density at radius 2 is 1.86 bits per heavy atom. The predicted molar refractivity (Wildman–Crippen MR) is 87.3 cm³/mol. The highest BCUT2D eigenvalue weighted by Gasteiger charge is 2.17. The Labute approximate surface area is 131 Å². The van der Waals surface area contributed by atoms with Gasteiger partial charge in [-0.15, -0.1) is 0 Å². The van der Waals surface area contributed by atoms with Gasteiger partial charge in [0, 0.05) is 12.6 Å². The fourth-order valence-electron chi connectivity index (χ4n) is 2.37. The average molecular weight is 301 g/mol. The maximum atomic E-state index is 12.3. The minimum Gasteiger partial charge on any atom is -0.481 e. The first-order valence-electron chi connectivity index (χ1n) is 7.49. The third-order valence-electron chi connectivity index (χ3n) is 3.33. The molecule has 0 aliphatic heterocycles. The molecule has 1 aromatic heterocycles. The number of nitrogens with one attached hydrogen (secondary N) is 1. The van der Waals surface area contributed by atoms with Crippen molar-refractivity contribution >= 4 is 11.7 Å². The highest BCUT2D eigenvalue weighted by Crippen LogP contribution is 2.18. The maximum absolute atomic E-state index is 12.3. The lowest BCUT2D eigenvalue weighted by Gasteiger charge is -2.16. The number of amides is 1. The largest absolute Gasteiger partial charge is 0.481 e. The van der Waals surface area contributed by atoms with Crippen LogP contribution >= 0.6 is 0 Å². The fourth-order valence-corrected chi connectivity index (χ4v) is 2.37. The highest BCUT2D eigenvalue weighted by molar-refractivity contribution is 5.93. The minimum atomic E-state index is -0.582. The van der Waals surface area contributed by atoms with Crippen LogP contribution < -0.4 is 10.1 Å². The molecule has 1 aromatic carbocycles. The summed E-state index contributed by atoms with van der Waals surface area (Å²) in [5, 5.41) is 7.18. The fraction of sp³-hybridized carbons (Fsp3) is 0.412. The molecule has 118 valence electrons. The molecule has 0 fully saturated rings. The Hall–Kier alpha value is -2.30. The topological polar surface area (TPSA) is 56.2 Å². The normalized spacial score (nSPS) is 12.0. The van der Waals surface area contributed by atoms with Gasteiger partial charge in [0.05, 0.1) is 5.69 Å². The Morgan fingerprint density at radius 1 is 1.23 bits per heavy atom. The van der Waals surface area contributed by atoms with E-state index in [0.29, 0.717) is 18.1 Å². The van der Waals surface area contributed by atoms with Crippen LogP contribution in [-0.2, 0) is 11.3 Å². The summed E-state index contributed by atoms with van der Waals surface area (Å²) in [6.45, 7) is 10.3. The number of carbonyl (C=O) groups is 1. The van der Waals surface area contributed by atoms with Gasteiger partial charge in [-0.1, -0.05) is 6.07 Å². The molecule has 1 unspecified atom stereocenters. The molecule has 5 nitrogen and oxygen atoms in total. The Bertz CT molecular complexity index is 656. The third-order valence-corrected chi connectivity index (χ3v) is 3.33. The second-order valence-electron chi connectivity index (χ2n) is 5.56. The average Bonchev–Trinajstić information content (AvgIpc) is 2.77. The summed E-state index contributed by atoms with van der Waals surface area (Å²) < 4.78 is 7.51. The molecule has 1 atom stereocenters. The molecule has 1 amide bonds. The van der Waals surface area contributed by atoms with Gasteiger partial charge in [0.15, 0.2) is 6.10 Å². The van der Waals surface area contributed by atoms with Crippen LogP contribution in [0.15, 0.2) is 24.3 Å². The van der Waals surface area contributed by atoms with Crippen LogP contribution in [0.1, 0.15) is 30.7 Å². The maximum Gasteiger partial charge on any atom is 0.266 e. The van der Waals surface area contributed by atoms with Crippen molar-refractivity contribution in [2.75, 3.05) is 5.32 Å². The van der Waals surface area contributed by atoms with Crippen molar-refractivity contribution in [2.45, 2.75) is 47.3 Å². The minimum absolute atomic E-state index is 0.186. The van der Waals surface area contributed by atoms with E-state index < -0.39 is 6.10 Å². The molecule has 1 N–H and O–H groups in total. The summed E-state index contributed by atoms with van der Waals surface area (Å²) in [5.74, 6) is 1.22. The van der Waals surface area contributed by atoms with Gasteiger partial charge in [0.2, 0.25) is 0 Å². The zero-order valence-electron chi connectivity index (χ0n) is 13.8. The molecule has 0 aliphatic rings. The standard InChI is InChI=1S/C17H23N3O2/c1-6-20-16(10-13(4)19-20)18-17(21)14(5)22-15-8-11(2)7-12(3)9-15/h7-10,14H,6H2,1-5H3,(H,18,21). The van der Waals surface area contributed by atoms with E-state index in [0.717, 1.165) is 16.8 Å². The first-order valence-corrected chi connectivity index (χ1v) is 7.49. The van der Waals surface area contributed by atoms with Crippen LogP contribution in [0, 0.1) is 20.8 Å². The summed E-state index contributed by atoms with van der Waals surface area (Å²) in [6.07, 6.45) is -0.582. The summed E-state index contributed by atoms with van der Waals surface area (Å²) in [7, 11) is 0. The summed E-state index contributed by atoms with van der Waals surface area (Å²) in [5.41, 5.74) is 3.10. The summed E-state index contributed by atoms with van der Waals surface area (Å²) in [4.78, 5) is 12.3. The van der Waals surface area contributed by atoms with Gasteiger partial charge in [-0.2, -0.15) is 5.10 Å². The van der Waals surface area contributed by atoms with E-state index in [1.54, 1.807) is 11.6 Å². The molecule has 1 heterocycles. The van der Waals surface area contributed by atoms with Crippen molar-refractivity contribution in [1.29, 1.82) is 0 Å². The molecule has 0 spiro atoms. The molecule has 0 aliphatic carbocycles. The van der Waals surface area contributed by atoms with Crippen LogP contribution in [-0.4, -0.2) is 21.8 Å². The lowest BCUT2D eigenvalue weighted by Crippen LogP contribution is -2.31. The number of hydrogen-bond acceptors (Lipinski definition) is 3. The zero-order chi connectivity index (χ0) is 16.3. The summed E-state index contributed by atoms with van der Waals surface area (Å²) >= 11 is 0. The molecule has 5 heteroatoms. The molecule has 2 aromatic rings. The lowest BCUT2D eigenvalue weighted by atomic mass is 10.1. The highest BCUT2D eigenvalue weighted by atomic mass is 16.5. The Kier molecular flexibility index (Phi) is 4.85. The zero-order valence-corrected chi connectivity index (χ0v) is 13.8. The number of carbonyl (C=O) groups excluding carboxylic acids is 1. The number of aryl methyl sites for hydroxylation is 4. The molecular weight excluding hydrogens is 278 g/mol. The number of rotatable bonds is 5. The molecule has 22 heavy (non-hydrogen) atoms. The van der Waals surface area contributed by atoms with E-state index in [1.807, 2.05) is 45.9 Å². The van der Waals surface area contributed by atoms with Crippen LogP contribution in [0.5, 0.6) is 5.75 Å². The first kappa shape index (κ1) is 16.1. The quantitative estimate of drug-likeness (QED) is 0.922. The molecule has 0 saturated heterocycles. The van der Waals surface area contributed by atoms with Gasteiger partial charge in [0.1, 0.15) is 11.6 Å². The van der Waals surface area contributed by atoms with Crippen molar-refractivity contribution < 1.29 is 9.53 Å². The lowest BCUT2D eigenvalue weighted by molar-refractivity contribution is -0.122. The van der Waals surface area contributed by atoms with Crippen molar-refractivity contribution in [3.8, 4) is 5.75 Å².